The van der Waals surface area contributed by atoms with Crippen LogP contribution in [0.15, 0.2) is 12.1 Å². The highest BCUT2D eigenvalue weighted by Crippen LogP contribution is 2.38. The van der Waals surface area contributed by atoms with E-state index in [0.717, 1.165) is 47.3 Å². The number of hydrogen-bond acceptors (Lipinski definition) is 5. The molecule has 1 amide bonds. The van der Waals surface area contributed by atoms with Crippen LogP contribution >= 0.6 is 22.9 Å². The van der Waals surface area contributed by atoms with E-state index in [1.165, 1.54) is 18.4 Å². The first-order chi connectivity index (χ1) is 13.3. The Bertz CT molecular complexity index is 898. The van der Waals surface area contributed by atoms with Crippen molar-refractivity contribution in [2.24, 2.45) is 0 Å². The van der Waals surface area contributed by atoms with Crippen molar-refractivity contribution < 1.29 is 19.1 Å². The summed E-state index contributed by atoms with van der Waals surface area (Å²) >= 11 is 7.65. The first-order valence-corrected chi connectivity index (χ1v) is 10.5. The van der Waals surface area contributed by atoms with Crippen molar-refractivity contribution in [3.05, 3.63) is 44.3 Å². The highest BCUT2D eigenvalue weighted by Gasteiger charge is 2.28. The van der Waals surface area contributed by atoms with Gasteiger partial charge >= 0.3 is 5.97 Å². The lowest BCUT2D eigenvalue weighted by Gasteiger charge is -2.16. The molecule has 0 aliphatic heterocycles. The van der Waals surface area contributed by atoms with E-state index in [1.54, 1.807) is 6.92 Å². The van der Waals surface area contributed by atoms with Crippen LogP contribution in [-0.4, -0.2) is 25.1 Å². The van der Waals surface area contributed by atoms with E-state index in [1.807, 2.05) is 26.0 Å². The minimum Gasteiger partial charge on any atom is -0.481 e. The molecule has 1 N–H and O–H groups in total. The van der Waals surface area contributed by atoms with Gasteiger partial charge in [0.15, 0.2) is 6.10 Å². The zero-order valence-electron chi connectivity index (χ0n) is 16.5. The standard InChI is InChI=1S/C21H24ClNO4S/c1-11-9-14(10-12(2)18(11)22)27-13(3)19(24)23-20-17(21(25)26-4)15-7-5-6-8-16(15)28-20/h9-10,13H,5-8H2,1-4H3,(H,23,24). The van der Waals surface area contributed by atoms with E-state index in [4.69, 9.17) is 21.1 Å². The zero-order chi connectivity index (χ0) is 20.4. The topological polar surface area (TPSA) is 64.6 Å². The van der Waals surface area contributed by atoms with Crippen LogP contribution in [0.1, 0.15) is 51.7 Å². The molecule has 5 nitrogen and oxygen atoms in total. The summed E-state index contributed by atoms with van der Waals surface area (Å²) in [5, 5.41) is 4.11. The van der Waals surface area contributed by atoms with Gasteiger partial charge in [-0.1, -0.05) is 11.6 Å². The molecule has 0 radical (unpaired) electrons. The van der Waals surface area contributed by atoms with Crippen LogP contribution in [0.2, 0.25) is 5.02 Å². The minimum atomic E-state index is -0.732. The number of carbonyl (C=O) groups excluding carboxylic acids is 2. The van der Waals surface area contributed by atoms with E-state index < -0.39 is 12.1 Å². The normalized spacial score (nSPS) is 14.2. The number of thiophene rings is 1. The van der Waals surface area contributed by atoms with Gasteiger partial charge in [0.05, 0.1) is 12.7 Å². The number of amides is 1. The lowest BCUT2D eigenvalue weighted by atomic mass is 9.95. The molecule has 0 saturated heterocycles. The molecule has 7 heteroatoms. The van der Waals surface area contributed by atoms with Gasteiger partial charge < -0.3 is 14.8 Å². The maximum atomic E-state index is 12.7. The van der Waals surface area contributed by atoms with Crippen molar-refractivity contribution in [2.45, 2.75) is 52.6 Å². The average Bonchev–Trinajstić information content (AvgIpc) is 3.03. The number of carbonyl (C=O) groups is 2. The highest BCUT2D eigenvalue weighted by atomic mass is 35.5. The summed E-state index contributed by atoms with van der Waals surface area (Å²) in [6, 6.07) is 3.62. The van der Waals surface area contributed by atoms with Crippen molar-refractivity contribution in [2.75, 3.05) is 12.4 Å². The van der Waals surface area contributed by atoms with Gasteiger partial charge in [-0.3, -0.25) is 4.79 Å². The summed E-state index contributed by atoms with van der Waals surface area (Å²) in [4.78, 5) is 26.2. The molecule has 0 spiro atoms. The molecule has 1 aliphatic rings. The van der Waals surface area contributed by atoms with Gasteiger partial charge in [-0.15, -0.1) is 11.3 Å². The minimum absolute atomic E-state index is 0.311. The Kier molecular flexibility index (Phi) is 6.30. The first-order valence-electron chi connectivity index (χ1n) is 9.29. The second-order valence-electron chi connectivity index (χ2n) is 7.03. The van der Waals surface area contributed by atoms with Gasteiger partial charge in [0.25, 0.3) is 5.91 Å². The van der Waals surface area contributed by atoms with E-state index in [0.29, 0.717) is 21.3 Å². The average molecular weight is 422 g/mol. The molecule has 3 rings (SSSR count). The Hall–Kier alpha value is -2.05. The molecule has 28 heavy (non-hydrogen) atoms. The third kappa shape index (κ3) is 4.18. The van der Waals surface area contributed by atoms with Crippen molar-refractivity contribution >= 4 is 39.8 Å². The monoisotopic (exact) mass is 421 g/mol. The summed E-state index contributed by atoms with van der Waals surface area (Å²) in [5.74, 6) is -0.137. The number of benzene rings is 1. The van der Waals surface area contributed by atoms with Crippen molar-refractivity contribution in [1.82, 2.24) is 0 Å². The van der Waals surface area contributed by atoms with Crippen LogP contribution in [-0.2, 0) is 22.4 Å². The Morgan fingerprint density at radius 1 is 1.18 bits per heavy atom. The molecule has 0 bridgehead atoms. The molecule has 150 valence electrons. The van der Waals surface area contributed by atoms with Crippen LogP contribution in [0.3, 0.4) is 0 Å². The number of methoxy groups -OCH3 is 1. The van der Waals surface area contributed by atoms with E-state index in [2.05, 4.69) is 5.32 Å². The largest absolute Gasteiger partial charge is 0.481 e. The third-order valence-corrected chi connectivity index (χ3v) is 6.69. The Labute approximate surface area is 174 Å². The maximum Gasteiger partial charge on any atom is 0.341 e. The van der Waals surface area contributed by atoms with Gasteiger partial charge in [-0.05, 0) is 75.3 Å². The van der Waals surface area contributed by atoms with Gasteiger partial charge in [0.2, 0.25) is 0 Å². The summed E-state index contributed by atoms with van der Waals surface area (Å²) < 4.78 is 10.8. The van der Waals surface area contributed by atoms with E-state index in [9.17, 15) is 9.59 Å². The predicted octanol–water partition coefficient (Wildman–Crippen LogP) is 5.09. The number of fused-ring (bicyclic) bond motifs is 1. The van der Waals surface area contributed by atoms with Crippen LogP contribution in [0.5, 0.6) is 5.75 Å². The Balaban J connectivity index is 1.79. The number of ether oxygens (including phenoxy) is 2. The maximum absolute atomic E-state index is 12.7. The fourth-order valence-corrected chi connectivity index (χ4v) is 4.81. The van der Waals surface area contributed by atoms with E-state index in [-0.39, 0.29) is 5.91 Å². The number of nitrogens with one attached hydrogen (secondary N) is 1. The predicted molar refractivity (Wildman–Crippen MR) is 112 cm³/mol. The van der Waals surface area contributed by atoms with Crippen molar-refractivity contribution in [3.63, 3.8) is 0 Å². The summed E-state index contributed by atoms with van der Waals surface area (Å²) in [6.45, 7) is 5.47. The SMILES string of the molecule is COC(=O)c1c(NC(=O)C(C)Oc2cc(C)c(Cl)c(C)c2)sc2c1CCCC2. The number of anilines is 1. The molecule has 1 atom stereocenters. The smallest absolute Gasteiger partial charge is 0.341 e. The second-order valence-corrected chi connectivity index (χ2v) is 8.51. The van der Waals surface area contributed by atoms with E-state index >= 15 is 0 Å². The fraction of sp³-hybridized carbons (Fsp3) is 0.429. The lowest BCUT2D eigenvalue weighted by molar-refractivity contribution is -0.122. The number of halogens is 1. The zero-order valence-corrected chi connectivity index (χ0v) is 18.1. The fourth-order valence-electron chi connectivity index (χ4n) is 3.42. The molecule has 1 aromatic carbocycles. The Morgan fingerprint density at radius 2 is 1.82 bits per heavy atom. The van der Waals surface area contributed by atoms with Crippen LogP contribution in [0, 0.1) is 13.8 Å². The summed E-state index contributed by atoms with van der Waals surface area (Å²) in [5.41, 5.74) is 3.28. The van der Waals surface area contributed by atoms with Gasteiger partial charge in [0.1, 0.15) is 10.8 Å². The summed E-state index contributed by atoms with van der Waals surface area (Å²) in [7, 11) is 1.36. The molecule has 2 aromatic rings. The molecule has 1 heterocycles. The quantitative estimate of drug-likeness (QED) is 0.683. The molecule has 0 saturated carbocycles. The number of hydrogen-bond donors (Lipinski definition) is 1. The van der Waals surface area contributed by atoms with Gasteiger partial charge in [-0.25, -0.2) is 4.79 Å². The number of aryl methyl sites for hydroxylation is 3. The number of esters is 1. The number of rotatable bonds is 5. The Morgan fingerprint density at radius 3 is 2.46 bits per heavy atom. The highest BCUT2D eigenvalue weighted by molar-refractivity contribution is 7.17. The van der Waals surface area contributed by atoms with Crippen LogP contribution in [0.4, 0.5) is 5.00 Å². The van der Waals surface area contributed by atoms with Crippen molar-refractivity contribution in [3.8, 4) is 5.75 Å². The van der Waals surface area contributed by atoms with Gasteiger partial charge in [-0.2, -0.15) is 0 Å². The molecule has 0 fully saturated rings. The molecule has 1 unspecified atom stereocenters. The van der Waals surface area contributed by atoms with Crippen LogP contribution < -0.4 is 10.1 Å². The second kappa shape index (κ2) is 8.53. The molecular formula is C21H24ClNO4S. The lowest BCUT2D eigenvalue weighted by Crippen LogP contribution is -2.30. The molecule has 1 aromatic heterocycles. The van der Waals surface area contributed by atoms with Crippen LogP contribution in [0.25, 0.3) is 0 Å². The van der Waals surface area contributed by atoms with Gasteiger partial charge in [0, 0.05) is 9.90 Å². The first kappa shape index (κ1) is 20.7. The molecular weight excluding hydrogens is 398 g/mol. The molecule has 1 aliphatic carbocycles. The third-order valence-electron chi connectivity index (χ3n) is 4.89. The van der Waals surface area contributed by atoms with Crippen molar-refractivity contribution in [1.29, 1.82) is 0 Å². The summed E-state index contributed by atoms with van der Waals surface area (Å²) in [6.07, 6.45) is 3.16.